The van der Waals surface area contributed by atoms with E-state index < -0.39 is 11.9 Å². The molecule has 0 aliphatic rings. The molecular formula is C19H15ClO4. The van der Waals surface area contributed by atoms with E-state index in [9.17, 15) is 9.59 Å². The molecule has 3 rings (SSSR count). The van der Waals surface area contributed by atoms with Crippen molar-refractivity contribution in [2.45, 2.75) is 12.8 Å². The number of carbonyl (C=O) groups excluding carboxylic acids is 2. The van der Waals surface area contributed by atoms with Crippen LogP contribution in [0.1, 0.15) is 34.5 Å². The van der Waals surface area contributed by atoms with Gasteiger partial charge in [0.2, 0.25) is 5.78 Å². The first-order valence-corrected chi connectivity index (χ1v) is 7.80. The third kappa shape index (κ3) is 2.81. The van der Waals surface area contributed by atoms with Crippen molar-refractivity contribution in [3.63, 3.8) is 0 Å². The molecule has 0 spiro atoms. The highest BCUT2D eigenvalue weighted by Gasteiger charge is 2.29. The van der Waals surface area contributed by atoms with Crippen LogP contribution in [0.15, 0.2) is 52.9 Å². The van der Waals surface area contributed by atoms with E-state index in [1.54, 1.807) is 49.4 Å². The van der Waals surface area contributed by atoms with E-state index in [0.717, 1.165) is 0 Å². The Morgan fingerprint density at radius 3 is 2.50 bits per heavy atom. The van der Waals surface area contributed by atoms with Crippen molar-refractivity contribution in [2.24, 2.45) is 0 Å². The molecule has 0 N–H and O–H groups in total. The van der Waals surface area contributed by atoms with Gasteiger partial charge in [0.25, 0.3) is 0 Å². The predicted octanol–water partition coefficient (Wildman–Crippen LogP) is 4.59. The van der Waals surface area contributed by atoms with Crippen molar-refractivity contribution in [1.82, 2.24) is 0 Å². The fraction of sp³-hybridized carbons (Fsp3) is 0.158. The van der Waals surface area contributed by atoms with Gasteiger partial charge in [-0.2, -0.15) is 0 Å². The van der Waals surface area contributed by atoms with Crippen LogP contribution in [0.3, 0.4) is 0 Å². The lowest BCUT2D eigenvalue weighted by Gasteiger charge is -2.10. The molecule has 5 heteroatoms. The zero-order valence-electron chi connectivity index (χ0n) is 13.2. The minimum absolute atomic E-state index is 0.136. The third-order valence-corrected chi connectivity index (χ3v) is 4.15. The van der Waals surface area contributed by atoms with E-state index in [-0.39, 0.29) is 11.5 Å². The van der Waals surface area contributed by atoms with Crippen molar-refractivity contribution in [1.29, 1.82) is 0 Å². The quantitative estimate of drug-likeness (QED) is 0.514. The summed E-state index contributed by atoms with van der Waals surface area (Å²) in [6, 6.07) is 13.8. The van der Waals surface area contributed by atoms with E-state index >= 15 is 0 Å². The number of esters is 1. The largest absolute Gasteiger partial charge is 0.469 e. The molecule has 0 unspecified atom stereocenters. The second kappa shape index (κ2) is 6.49. The van der Waals surface area contributed by atoms with Gasteiger partial charge in [0.1, 0.15) is 5.58 Å². The van der Waals surface area contributed by atoms with E-state index in [0.29, 0.717) is 27.1 Å². The molecule has 4 nitrogen and oxygen atoms in total. The lowest BCUT2D eigenvalue weighted by atomic mass is 9.94. The molecule has 1 atom stereocenters. The average Bonchev–Trinajstić information content (AvgIpc) is 2.98. The average molecular weight is 343 g/mol. The van der Waals surface area contributed by atoms with Crippen LogP contribution in [0.25, 0.3) is 11.0 Å². The highest BCUT2D eigenvalue weighted by atomic mass is 35.5. The van der Waals surface area contributed by atoms with Gasteiger partial charge in [0.05, 0.1) is 13.0 Å². The standard InChI is InChI=1S/C19H15ClO4/c1-11(19(22)23-2)16-14-10-13(20)8-9-15(14)24-18(16)17(21)12-6-4-3-5-7-12/h3-11H,1-2H3/t11-/m0/s1. The number of rotatable bonds is 4. The van der Waals surface area contributed by atoms with Gasteiger partial charge in [-0.25, -0.2) is 0 Å². The summed E-state index contributed by atoms with van der Waals surface area (Å²) in [4.78, 5) is 24.9. The molecule has 24 heavy (non-hydrogen) atoms. The number of ether oxygens (including phenoxy) is 1. The summed E-state index contributed by atoms with van der Waals surface area (Å²) in [5, 5.41) is 1.14. The van der Waals surface area contributed by atoms with Gasteiger partial charge in [-0.15, -0.1) is 0 Å². The van der Waals surface area contributed by atoms with Gasteiger partial charge in [-0.05, 0) is 25.1 Å². The smallest absolute Gasteiger partial charge is 0.313 e. The van der Waals surface area contributed by atoms with Crippen LogP contribution >= 0.6 is 11.6 Å². The van der Waals surface area contributed by atoms with Crippen molar-refractivity contribution in [3.05, 3.63) is 70.4 Å². The van der Waals surface area contributed by atoms with Crippen LogP contribution < -0.4 is 0 Å². The number of hydrogen-bond donors (Lipinski definition) is 0. The Kier molecular flexibility index (Phi) is 4.40. The Morgan fingerprint density at radius 1 is 1.12 bits per heavy atom. The molecule has 2 aromatic carbocycles. The summed E-state index contributed by atoms with van der Waals surface area (Å²) in [5.41, 5.74) is 1.48. The normalized spacial score (nSPS) is 12.1. The summed E-state index contributed by atoms with van der Waals surface area (Å²) >= 11 is 6.07. The lowest BCUT2D eigenvalue weighted by molar-refractivity contribution is -0.141. The molecule has 0 saturated carbocycles. The van der Waals surface area contributed by atoms with Gasteiger partial charge < -0.3 is 9.15 Å². The fourth-order valence-electron chi connectivity index (χ4n) is 2.70. The zero-order chi connectivity index (χ0) is 17.3. The molecule has 1 heterocycles. The highest BCUT2D eigenvalue weighted by molar-refractivity contribution is 6.31. The van der Waals surface area contributed by atoms with Crippen molar-refractivity contribution in [2.75, 3.05) is 7.11 Å². The fourth-order valence-corrected chi connectivity index (χ4v) is 2.87. The third-order valence-electron chi connectivity index (χ3n) is 3.92. The van der Waals surface area contributed by atoms with Gasteiger partial charge in [0, 0.05) is 21.5 Å². The summed E-state index contributed by atoms with van der Waals surface area (Å²) in [6.45, 7) is 1.68. The molecule has 122 valence electrons. The highest BCUT2D eigenvalue weighted by Crippen LogP contribution is 2.35. The second-order valence-corrected chi connectivity index (χ2v) is 5.86. The Bertz CT molecular complexity index is 912. The Labute approximate surface area is 144 Å². The first kappa shape index (κ1) is 16.3. The molecule has 0 amide bonds. The van der Waals surface area contributed by atoms with E-state index in [1.807, 2.05) is 6.07 Å². The van der Waals surface area contributed by atoms with E-state index in [2.05, 4.69) is 0 Å². The van der Waals surface area contributed by atoms with Crippen LogP contribution in [0.2, 0.25) is 5.02 Å². The van der Waals surface area contributed by atoms with E-state index in [4.69, 9.17) is 20.8 Å². The van der Waals surface area contributed by atoms with Crippen molar-refractivity contribution < 1.29 is 18.7 Å². The van der Waals surface area contributed by atoms with Crippen LogP contribution in [-0.2, 0) is 9.53 Å². The number of hydrogen-bond acceptors (Lipinski definition) is 4. The molecule has 3 aromatic rings. The van der Waals surface area contributed by atoms with Gasteiger partial charge >= 0.3 is 5.97 Å². The second-order valence-electron chi connectivity index (χ2n) is 5.43. The number of carbonyl (C=O) groups is 2. The topological polar surface area (TPSA) is 56.5 Å². The Balaban J connectivity index is 2.23. The predicted molar refractivity (Wildman–Crippen MR) is 91.5 cm³/mol. The maximum Gasteiger partial charge on any atom is 0.313 e. The minimum atomic E-state index is -0.655. The number of halogens is 1. The molecule has 0 saturated heterocycles. The molecule has 0 aliphatic carbocycles. The molecule has 0 fully saturated rings. The first-order chi connectivity index (χ1) is 11.5. The van der Waals surface area contributed by atoms with Crippen molar-refractivity contribution in [3.8, 4) is 0 Å². The summed E-state index contributed by atoms with van der Waals surface area (Å²) in [6.07, 6.45) is 0. The Hall–Kier alpha value is -2.59. The number of fused-ring (bicyclic) bond motifs is 1. The maximum atomic E-state index is 12.9. The lowest BCUT2D eigenvalue weighted by Crippen LogP contribution is -2.14. The summed E-state index contributed by atoms with van der Waals surface area (Å²) in [5.74, 6) is -1.25. The molecule has 0 aliphatic heterocycles. The first-order valence-electron chi connectivity index (χ1n) is 7.42. The van der Waals surface area contributed by atoms with Crippen molar-refractivity contribution >= 4 is 34.3 Å². The number of benzene rings is 2. The van der Waals surface area contributed by atoms with Gasteiger partial charge in [0.15, 0.2) is 5.76 Å². The summed E-state index contributed by atoms with van der Waals surface area (Å²) < 4.78 is 10.6. The molecule has 1 aromatic heterocycles. The Morgan fingerprint density at radius 2 is 1.83 bits per heavy atom. The number of furan rings is 1. The molecular weight excluding hydrogens is 328 g/mol. The SMILES string of the molecule is COC(=O)[C@@H](C)c1c(C(=O)c2ccccc2)oc2ccc(Cl)cc12. The maximum absolute atomic E-state index is 12.9. The number of ketones is 1. The van der Waals surface area contributed by atoms with Crippen LogP contribution in [0.4, 0.5) is 0 Å². The van der Waals surface area contributed by atoms with Crippen LogP contribution in [0, 0.1) is 0 Å². The molecule has 0 radical (unpaired) electrons. The van der Waals surface area contributed by atoms with Gasteiger partial charge in [-0.1, -0.05) is 41.9 Å². The zero-order valence-corrected chi connectivity index (χ0v) is 14.0. The van der Waals surface area contributed by atoms with Gasteiger partial charge in [-0.3, -0.25) is 9.59 Å². The van der Waals surface area contributed by atoms with Crippen LogP contribution in [-0.4, -0.2) is 18.9 Å². The van der Waals surface area contributed by atoms with Crippen LogP contribution in [0.5, 0.6) is 0 Å². The minimum Gasteiger partial charge on any atom is -0.469 e. The monoisotopic (exact) mass is 342 g/mol. The van der Waals surface area contributed by atoms with E-state index in [1.165, 1.54) is 7.11 Å². The summed E-state index contributed by atoms with van der Waals surface area (Å²) in [7, 11) is 1.31. The number of methoxy groups -OCH3 is 1. The molecule has 0 bridgehead atoms.